The van der Waals surface area contributed by atoms with E-state index in [0.29, 0.717) is 5.41 Å². The van der Waals surface area contributed by atoms with Crippen LogP contribution in [0.25, 0.3) is 0 Å². The van der Waals surface area contributed by atoms with Crippen LogP contribution in [0, 0.1) is 11.3 Å². The fraction of sp³-hybridized carbons (Fsp3) is 1.00. The molecule has 2 nitrogen and oxygen atoms in total. The highest BCUT2D eigenvalue weighted by Crippen LogP contribution is 2.32. The third kappa shape index (κ3) is 5.71. The van der Waals surface area contributed by atoms with Crippen molar-refractivity contribution in [1.29, 1.82) is 0 Å². The summed E-state index contributed by atoms with van der Waals surface area (Å²) in [6.45, 7) is 16.5. The summed E-state index contributed by atoms with van der Waals surface area (Å²) in [5, 5.41) is 3.57. The maximum atomic E-state index is 3.57. The summed E-state index contributed by atoms with van der Waals surface area (Å²) < 4.78 is 0. The van der Waals surface area contributed by atoms with Gasteiger partial charge in [0, 0.05) is 25.7 Å². The maximum Gasteiger partial charge on any atom is 0.00967 e. The summed E-state index contributed by atoms with van der Waals surface area (Å²) in [6, 6.07) is 0.894. The lowest BCUT2D eigenvalue weighted by Gasteiger charge is -2.37. The van der Waals surface area contributed by atoms with Crippen LogP contribution in [0.2, 0.25) is 0 Å². The molecule has 0 amide bonds. The second-order valence-electron chi connectivity index (χ2n) is 6.90. The van der Waals surface area contributed by atoms with Gasteiger partial charge in [-0.1, -0.05) is 41.0 Å². The molecule has 1 aliphatic carbocycles. The minimum atomic E-state index is 0.447. The number of hydrogen-bond acceptors (Lipinski definition) is 2. The molecule has 1 fully saturated rings. The van der Waals surface area contributed by atoms with E-state index in [4.69, 9.17) is 0 Å². The Balaban J connectivity index is 2.54. The Morgan fingerprint density at radius 3 is 2.39 bits per heavy atom. The molecule has 108 valence electrons. The van der Waals surface area contributed by atoms with E-state index < -0.39 is 0 Å². The minimum absolute atomic E-state index is 0.447. The Morgan fingerprint density at radius 2 is 1.94 bits per heavy atom. The second kappa shape index (κ2) is 7.49. The van der Waals surface area contributed by atoms with E-state index in [-0.39, 0.29) is 0 Å². The zero-order chi connectivity index (χ0) is 13.6. The molecule has 0 radical (unpaired) electrons. The van der Waals surface area contributed by atoms with Gasteiger partial charge in [-0.15, -0.1) is 0 Å². The third-order valence-electron chi connectivity index (χ3n) is 3.90. The van der Waals surface area contributed by atoms with Crippen LogP contribution in [-0.2, 0) is 0 Å². The number of hydrogen-bond donors (Lipinski definition) is 1. The second-order valence-corrected chi connectivity index (χ2v) is 6.90. The molecule has 18 heavy (non-hydrogen) atoms. The molecule has 1 N–H and O–H groups in total. The molecular weight excluding hydrogens is 220 g/mol. The van der Waals surface area contributed by atoms with Crippen LogP contribution in [0.4, 0.5) is 0 Å². The highest BCUT2D eigenvalue weighted by Gasteiger charge is 2.34. The van der Waals surface area contributed by atoms with E-state index in [2.05, 4.69) is 44.8 Å². The Kier molecular flexibility index (Phi) is 6.65. The van der Waals surface area contributed by atoms with Gasteiger partial charge in [-0.2, -0.15) is 0 Å². The van der Waals surface area contributed by atoms with Crippen molar-refractivity contribution >= 4 is 0 Å². The highest BCUT2D eigenvalue weighted by molar-refractivity contribution is 4.90. The van der Waals surface area contributed by atoms with Gasteiger partial charge in [0.2, 0.25) is 0 Å². The normalized spacial score (nSPS) is 19.5. The first kappa shape index (κ1) is 16.0. The predicted molar refractivity (Wildman–Crippen MR) is 81.0 cm³/mol. The van der Waals surface area contributed by atoms with Gasteiger partial charge in [-0.25, -0.2) is 0 Å². The van der Waals surface area contributed by atoms with Crippen LogP contribution in [0.3, 0.4) is 0 Å². The first-order valence-electron chi connectivity index (χ1n) is 7.95. The van der Waals surface area contributed by atoms with E-state index >= 15 is 0 Å². The molecule has 0 aromatic rings. The van der Waals surface area contributed by atoms with Gasteiger partial charge < -0.3 is 5.32 Å². The minimum Gasteiger partial charge on any atom is -0.316 e. The molecule has 0 saturated heterocycles. The Bertz CT molecular complexity index is 223. The summed E-state index contributed by atoms with van der Waals surface area (Å²) >= 11 is 0. The van der Waals surface area contributed by atoms with E-state index in [9.17, 15) is 0 Å². The monoisotopic (exact) mass is 254 g/mol. The molecule has 2 heteroatoms. The first-order chi connectivity index (χ1) is 8.50. The smallest absolute Gasteiger partial charge is 0.00967 e. The lowest BCUT2D eigenvalue weighted by molar-refractivity contribution is 0.131. The molecule has 0 spiro atoms. The van der Waals surface area contributed by atoms with Crippen molar-refractivity contribution < 1.29 is 0 Å². The maximum absolute atomic E-state index is 3.57. The molecule has 0 aromatic carbocycles. The van der Waals surface area contributed by atoms with Gasteiger partial charge >= 0.3 is 0 Å². The van der Waals surface area contributed by atoms with Gasteiger partial charge in [-0.05, 0) is 37.1 Å². The standard InChI is InChI=1S/C16H34N2/c1-6-10-16(5,12-17-7-2)13-18(11-14(3)4)15-8-9-15/h14-15,17H,6-13H2,1-5H3. The van der Waals surface area contributed by atoms with Crippen LogP contribution >= 0.6 is 0 Å². The average molecular weight is 254 g/mol. The molecule has 1 rings (SSSR count). The predicted octanol–water partition coefficient (Wildman–Crippen LogP) is 3.52. The number of rotatable bonds is 10. The first-order valence-corrected chi connectivity index (χ1v) is 7.95. The Labute approximate surface area is 115 Å². The van der Waals surface area contributed by atoms with Crippen molar-refractivity contribution in [3.05, 3.63) is 0 Å². The van der Waals surface area contributed by atoms with Crippen molar-refractivity contribution in [1.82, 2.24) is 10.2 Å². The molecule has 0 aromatic heterocycles. The molecule has 1 unspecified atom stereocenters. The van der Waals surface area contributed by atoms with E-state index in [0.717, 1.165) is 18.5 Å². The van der Waals surface area contributed by atoms with E-state index in [1.807, 2.05) is 0 Å². The molecule has 0 aliphatic heterocycles. The van der Waals surface area contributed by atoms with Crippen molar-refractivity contribution in [2.24, 2.45) is 11.3 Å². The average Bonchev–Trinajstić information content (AvgIpc) is 3.09. The van der Waals surface area contributed by atoms with Gasteiger partial charge in [0.15, 0.2) is 0 Å². The largest absolute Gasteiger partial charge is 0.316 e. The van der Waals surface area contributed by atoms with Crippen LogP contribution < -0.4 is 5.32 Å². The van der Waals surface area contributed by atoms with Gasteiger partial charge in [0.05, 0.1) is 0 Å². The fourth-order valence-corrected chi connectivity index (χ4v) is 3.00. The van der Waals surface area contributed by atoms with E-state index in [1.54, 1.807) is 0 Å². The van der Waals surface area contributed by atoms with Crippen LogP contribution in [0.15, 0.2) is 0 Å². The third-order valence-corrected chi connectivity index (χ3v) is 3.90. The van der Waals surface area contributed by atoms with E-state index in [1.165, 1.54) is 45.3 Å². The van der Waals surface area contributed by atoms with Crippen LogP contribution in [0.5, 0.6) is 0 Å². The highest BCUT2D eigenvalue weighted by atomic mass is 15.2. The summed E-state index contributed by atoms with van der Waals surface area (Å²) in [4.78, 5) is 2.76. The molecule has 1 aliphatic rings. The summed E-state index contributed by atoms with van der Waals surface area (Å²) in [5.41, 5.74) is 0.447. The molecular formula is C16H34N2. The Morgan fingerprint density at radius 1 is 1.28 bits per heavy atom. The summed E-state index contributed by atoms with van der Waals surface area (Å²) in [6.07, 6.45) is 5.48. The molecule has 0 bridgehead atoms. The zero-order valence-electron chi connectivity index (χ0n) is 13.3. The molecule has 1 saturated carbocycles. The van der Waals surface area contributed by atoms with Crippen molar-refractivity contribution in [3.8, 4) is 0 Å². The van der Waals surface area contributed by atoms with Gasteiger partial charge in [0.25, 0.3) is 0 Å². The quantitative estimate of drug-likeness (QED) is 0.641. The summed E-state index contributed by atoms with van der Waals surface area (Å²) in [5.74, 6) is 0.788. The van der Waals surface area contributed by atoms with Gasteiger partial charge in [-0.3, -0.25) is 4.90 Å². The number of nitrogens with one attached hydrogen (secondary N) is 1. The van der Waals surface area contributed by atoms with Crippen molar-refractivity contribution in [2.75, 3.05) is 26.2 Å². The van der Waals surface area contributed by atoms with Gasteiger partial charge in [0.1, 0.15) is 0 Å². The van der Waals surface area contributed by atoms with Crippen LogP contribution in [0.1, 0.15) is 60.3 Å². The SMILES string of the molecule is CCCC(C)(CNCC)CN(CC(C)C)C1CC1. The topological polar surface area (TPSA) is 15.3 Å². The van der Waals surface area contributed by atoms with Crippen molar-refractivity contribution in [3.63, 3.8) is 0 Å². The Hall–Kier alpha value is -0.0800. The summed E-state index contributed by atoms with van der Waals surface area (Å²) in [7, 11) is 0. The molecule has 0 heterocycles. The molecule has 1 atom stereocenters. The number of nitrogens with zero attached hydrogens (tertiary/aromatic N) is 1. The lowest BCUT2D eigenvalue weighted by Crippen LogP contribution is -2.44. The fourth-order valence-electron chi connectivity index (χ4n) is 3.00. The lowest BCUT2D eigenvalue weighted by atomic mass is 9.84. The van der Waals surface area contributed by atoms with Crippen molar-refractivity contribution in [2.45, 2.75) is 66.3 Å². The zero-order valence-corrected chi connectivity index (χ0v) is 13.3. The van der Waals surface area contributed by atoms with Crippen LogP contribution in [-0.4, -0.2) is 37.1 Å².